The van der Waals surface area contributed by atoms with Crippen LogP contribution in [0, 0.1) is 0 Å². The Labute approximate surface area is 158 Å². The number of benzene rings is 4. The maximum Gasteiger partial charge on any atom is 0.339 e. The van der Waals surface area contributed by atoms with Gasteiger partial charge >= 0.3 is 5.97 Å². The molecule has 0 unspecified atom stereocenters. The second-order valence-electron chi connectivity index (χ2n) is 6.59. The van der Waals surface area contributed by atoms with E-state index in [1.54, 1.807) is 0 Å². The molecule has 3 nitrogen and oxygen atoms in total. The molecule has 4 aromatic rings. The SMILES string of the molecule is CN(CCOC(=O)c1c2ccccc2cc2ccccc12)c1ccccc1. The molecule has 0 amide bonds. The predicted octanol–water partition coefficient (Wildman–Crippen LogP) is 5.29. The summed E-state index contributed by atoms with van der Waals surface area (Å²) in [5.74, 6) is -0.274. The minimum Gasteiger partial charge on any atom is -0.460 e. The molecule has 0 N–H and O–H groups in total. The van der Waals surface area contributed by atoms with Crippen LogP contribution in [0.25, 0.3) is 21.5 Å². The fourth-order valence-electron chi connectivity index (χ4n) is 3.39. The highest BCUT2D eigenvalue weighted by molar-refractivity contribution is 6.16. The Morgan fingerprint density at radius 2 is 1.37 bits per heavy atom. The van der Waals surface area contributed by atoms with E-state index in [0.29, 0.717) is 18.7 Å². The van der Waals surface area contributed by atoms with Gasteiger partial charge in [-0.25, -0.2) is 4.79 Å². The van der Waals surface area contributed by atoms with E-state index >= 15 is 0 Å². The Kier molecular flexibility index (Phi) is 4.75. The van der Waals surface area contributed by atoms with Gasteiger partial charge in [-0.1, -0.05) is 66.7 Å². The van der Waals surface area contributed by atoms with Crippen molar-refractivity contribution in [1.29, 1.82) is 0 Å². The van der Waals surface area contributed by atoms with Gasteiger partial charge in [-0.3, -0.25) is 0 Å². The monoisotopic (exact) mass is 355 g/mol. The lowest BCUT2D eigenvalue weighted by Gasteiger charge is -2.19. The van der Waals surface area contributed by atoms with Crippen molar-refractivity contribution in [2.24, 2.45) is 0 Å². The maximum absolute atomic E-state index is 12.9. The van der Waals surface area contributed by atoms with E-state index in [1.807, 2.05) is 85.9 Å². The van der Waals surface area contributed by atoms with Gasteiger partial charge in [0.15, 0.2) is 0 Å². The summed E-state index contributed by atoms with van der Waals surface area (Å²) < 4.78 is 5.66. The number of esters is 1. The lowest BCUT2D eigenvalue weighted by atomic mass is 9.97. The number of ether oxygens (including phenoxy) is 1. The van der Waals surface area contributed by atoms with Gasteiger partial charge < -0.3 is 9.64 Å². The third kappa shape index (κ3) is 3.49. The van der Waals surface area contributed by atoms with Crippen molar-refractivity contribution >= 4 is 33.2 Å². The second kappa shape index (κ2) is 7.50. The molecule has 0 heterocycles. The third-order valence-electron chi connectivity index (χ3n) is 4.83. The van der Waals surface area contributed by atoms with Crippen LogP contribution in [0.5, 0.6) is 0 Å². The average Bonchev–Trinajstić information content (AvgIpc) is 2.72. The van der Waals surface area contributed by atoms with Gasteiger partial charge in [0, 0.05) is 12.7 Å². The molecule has 0 spiro atoms. The summed E-state index contributed by atoms with van der Waals surface area (Å²) in [6, 6.07) is 28.1. The van der Waals surface area contributed by atoms with Crippen LogP contribution in [0.4, 0.5) is 5.69 Å². The van der Waals surface area contributed by atoms with E-state index in [1.165, 1.54) is 0 Å². The van der Waals surface area contributed by atoms with Crippen molar-refractivity contribution < 1.29 is 9.53 Å². The quantitative estimate of drug-likeness (QED) is 0.360. The molecule has 0 bridgehead atoms. The number of hydrogen-bond acceptors (Lipinski definition) is 3. The first kappa shape index (κ1) is 17.1. The van der Waals surface area contributed by atoms with Crippen molar-refractivity contribution in [2.75, 3.05) is 25.1 Å². The molecule has 4 rings (SSSR count). The van der Waals surface area contributed by atoms with Gasteiger partial charge in [0.1, 0.15) is 6.61 Å². The van der Waals surface area contributed by atoms with Crippen molar-refractivity contribution in [1.82, 2.24) is 0 Å². The number of carbonyl (C=O) groups excluding carboxylic acids is 1. The number of anilines is 1. The van der Waals surface area contributed by atoms with Crippen LogP contribution in [-0.2, 0) is 4.74 Å². The Balaban J connectivity index is 1.58. The van der Waals surface area contributed by atoms with Gasteiger partial charge in [0.05, 0.1) is 12.1 Å². The number of carbonyl (C=O) groups is 1. The summed E-state index contributed by atoms with van der Waals surface area (Å²) >= 11 is 0. The van der Waals surface area contributed by atoms with Crippen LogP contribution < -0.4 is 4.90 Å². The molecular weight excluding hydrogens is 334 g/mol. The van der Waals surface area contributed by atoms with Crippen LogP contribution in [0.3, 0.4) is 0 Å². The normalized spacial score (nSPS) is 10.9. The van der Waals surface area contributed by atoms with Crippen LogP contribution in [0.1, 0.15) is 10.4 Å². The molecule has 0 aromatic heterocycles. The zero-order valence-electron chi connectivity index (χ0n) is 15.3. The first-order valence-corrected chi connectivity index (χ1v) is 9.08. The third-order valence-corrected chi connectivity index (χ3v) is 4.83. The molecule has 27 heavy (non-hydrogen) atoms. The van der Waals surface area contributed by atoms with Gasteiger partial charge in [-0.15, -0.1) is 0 Å². The Hall–Kier alpha value is -3.33. The first-order valence-electron chi connectivity index (χ1n) is 9.08. The predicted molar refractivity (Wildman–Crippen MR) is 111 cm³/mol. The number of nitrogens with zero attached hydrogens (tertiary/aromatic N) is 1. The second-order valence-corrected chi connectivity index (χ2v) is 6.59. The zero-order valence-corrected chi connectivity index (χ0v) is 15.3. The van der Waals surface area contributed by atoms with E-state index in [-0.39, 0.29) is 5.97 Å². The number of rotatable bonds is 5. The van der Waals surface area contributed by atoms with Crippen LogP contribution in [0.2, 0.25) is 0 Å². The molecule has 0 saturated carbocycles. The fraction of sp³-hybridized carbons (Fsp3) is 0.125. The lowest BCUT2D eigenvalue weighted by molar-refractivity contribution is 0.0520. The molecule has 4 aromatic carbocycles. The summed E-state index contributed by atoms with van der Waals surface area (Å²) in [7, 11) is 2.00. The number of likely N-dealkylation sites (N-methyl/N-ethyl adjacent to an activating group) is 1. The van der Waals surface area contributed by atoms with E-state index in [2.05, 4.69) is 11.0 Å². The van der Waals surface area contributed by atoms with E-state index < -0.39 is 0 Å². The molecule has 0 saturated heterocycles. The largest absolute Gasteiger partial charge is 0.460 e. The molecule has 0 atom stereocenters. The smallest absolute Gasteiger partial charge is 0.339 e. The number of hydrogen-bond donors (Lipinski definition) is 0. The molecule has 0 fully saturated rings. The molecule has 0 aliphatic carbocycles. The molecule has 0 radical (unpaired) electrons. The van der Waals surface area contributed by atoms with E-state index in [9.17, 15) is 4.79 Å². The van der Waals surface area contributed by atoms with Crippen LogP contribution >= 0.6 is 0 Å². The summed E-state index contributed by atoms with van der Waals surface area (Å²) in [5.41, 5.74) is 1.75. The van der Waals surface area contributed by atoms with Gasteiger partial charge in [-0.2, -0.15) is 0 Å². The van der Waals surface area contributed by atoms with Gasteiger partial charge in [0.25, 0.3) is 0 Å². The fourth-order valence-corrected chi connectivity index (χ4v) is 3.39. The summed E-state index contributed by atoms with van der Waals surface area (Å²) in [6.07, 6.45) is 0. The highest BCUT2D eigenvalue weighted by Crippen LogP contribution is 2.29. The van der Waals surface area contributed by atoms with Crippen molar-refractivity contribution in [3.63, 3.8) is 0 Å². The topological polar surface area (TPSA) is 29.5 Å². The Bertz CT molecular complexity index is 1040. The molecule has 3 heteroatoms. The number of fused-ring (bicyclic) bond motifs is 2. The highest BCUT2D eigenvalue weighted by Gasteiger charge is 2.16. The zero-order chi connectivity index (χ0) is 18.6. The summed E-state index contributed by atoms with van der Waals surface area (Å²) in [6.45, 7) is 0.972. The van der Waals surface area contributed by atoms with Gasteiger partial charge in [0.2, 0.25) is 0 Å². The molecular formula is C24H21NO2. The molecule has 134 valence electrons. The minimum absolute atomic E-state index is 0.274. The summed E-state index contributed by atoms with van der Waals surface area (Å²) in [4.78, 5) is 15.0. The summed E-state index contributed by atoms with van der Waals surface area (Å²) in [5, 5.41) is 3.95. The van der Waals surface area contributed by atoms with Crippen LogP contribution in [-0.4, -0.2) is 26.2 Å². The standard InChI is InChI=1S/C24H21NO2/c1-25(20-11-3-2-4-12-20)15-16-27-24(26)23-21-13-7-5-9-18(21)17-19-10-6-8-14-22(19)23/h2-14,17H,15-16H2,1H3. The number of para-hydroxylation sites is 1. The average molecular weight is 355 g/mol. The van der Waals surface area contributed by atoms with E-state index in [4.69, 9.17) is 4.74 Å². The van der Waals surface area contributed by atoms with Gasteiger partial charge in [-0.05, 0) is 39.7 Å². The minimum atomic E-state index is -0.274. The maximum atomic E-state index is 12.9. The Morgan fingerprint density at radius 1 is 0.815 bits per heavy atom. The van der Waals surface area contributed by atoms with Crippen molar-refractivity contribution in [3.8, 4) is 0 Å². The molecule has 0 aliphatic heterocycles. The van der Waals surface area contributed by atoms with Crippen molar-refractivity contribution in [2.45, 2.75) is 0 Å². The first-order chi connectivity index (χ1) is 13.2. The molecule has 0 aliphatic rings. The highest BCUT2D eigenvalue weighted by atomic mass is 16.5. The van der Waals surface area contributed by atoms with Crippen molar-refractivity contribution in [3.05, 3.63) is 90.5 Å². The van der Waals surface area contributed by atoms with E-state index in [0.717, 1.165) is 27.2 Å². The Morgan fingerprint density at radius 3 is 2.00 bits per heavy atom. The van der Waals surface area contributed by atoms with Crippen LogP contribution in [0.15, 0.2) is 84.9 Å². The lowest BCUT2D eigenvalue weighted by Crippen LogP contribution is -2.24.